The molecule has 0 atom stereocenters. The zero-order valence-electron chi connectivity index (χ0n) is 13.1. The highest BCUT2D eigenvalue weighted by atomic mass is 19.1. The number of hydrogen-bond donors (Lipinski definition) is 0. The van der Waals surface area contributed by atoms with Crippen LogP contribution in [0.4, 0.5) is 4.39 Å². The molecule has 6 heteroatoms. The van der Waals surface area contributed by atoms with Crippen LogP contribution in [-0.2, 0) is 6.42 Å². The van der Waals surface area contributed by atoms with Gasteiger partial charge in [0.1, 0.15) is 5.82 Å². The molecule has 25 heavy (non-hydrogen) atoms. The van der Waals surface area contributed by atoms with Crippen molar-refractivity contribution < 1.29 is 8.91 Å². The maximum Gasteiger partial charge on any atom is 0.259 e. The lowest BCUT2D eigenvalue weighted by molar-refractivity contribution is 0.424. The number of aromatic nitrogens is 4. The summed E-state index contributed by atoms with van der Waals surface area (Å²) >= 11 is 0. The van der Waals surface area contributed by atoms with E-state index >= 15 is 0 Å². The quantitative estimate of drug-likeness (QED) is 0.567. The Bertz CT molecular complexity index is 967. The van der Waals surface area contributed by atoms with Crippen molar-refractivity contribution in [3.63, 3.8) is 0 Å². The van der Waals surface area contributed by atoms with E-state index in [-0.39, 0.29) is 5.82 Å². The molecule has 0 bridgehead atoms. The van der Waals surface area contributed by atoms with E-state index in [9.17, 15) is 4.39 Å². The van der Waals surface area contributed by atoms with Crippen LogP contribution < -0.4 is 0 Å². The lowest BCUT2D eigenvalue weighted by Crippen LogP contribution is -1.91. The average Bonchev–Trinajstić information content (AvgIpc) is 3.13. The summed E-state index contributed by atoms with van der Waals surface area (Å²) in [6, 6.07) is 13.8. The Morgan fingerprint density at radius 2 is 1.80 bits per heavy atom. The fourth-order valence-electron chi connectivity index (χ4n) is 2.43. The van der Waals surface area contributed by atoms with Gasteiger partial charge in [-0.3, -0.25) is 9.97 Å². The van der Waals surface area contributed by atoms with Gasteiger partial charge in [0.05, 0.1) is 11.3 Å². The number of benzene rings is 1. The minimum absolute atomic E-state index is 0.266. The molecule has 122 valence electrons. The number of hydrogen-bond acceptors (Lipinski definition) is 5. The third kappa shape index (κ3) is 3.42. The van der Waals surface area contributed by atoms with Crippen LogP contribution in [0.2, 0.25) is 0 Å². The third-order valence-corrected chi connectivity index (χ3v) is 3.71. The first-order valence-corrected chi connectivity index (χ1v) is 7.72. The highest BCUT2D eigenvalue weighted by molar-refractivity contribution is 5.61. The second kappa shape index (κ2) is 6.60. The largest absolute Gasteiger partial charge is 0.334 e. The highest BCUT2D eigenvalue weighted by Crippen LogP contribution is 2.21. The highest BCUT2D eigenvalue weighted by Gasteiger charge is 2.10. The molecule has 0 radical (unpaired) electrons. The molecule has 0 unspecified atom stereocenters. The molecule has 3 aromatic heterocycles. The monoisotopic (exact) mass is 332 g/mol. The molecule has 4 rings (SSSR count). The van der Waals surface area contributed by atoms with Crippen molar-refractivity contribution in [2.24, 2.45) is 0 Å². The first kappa shape index (κ1) is 15.1. The minimum Gasteiger partial charge on any atom is -0.334 e. The average molecular weight is 332 g/mol. The number of pyridine rings is 2. The Labute approximate surface area is 143 Å². The standard InChI is InChI=1S/C19H13FN4O/c20-16-6-3-13(4-7-16)10-18-23-19(25-24-18)15-5-8-17(22-12-15)14-2-1-9-21-11-14/h1-9,11-12H,10H2. The van der Waals surface area contributed by atoms with Gasteiger partial charge in [-0.25, -0.2) is 4.39 Å². The topological polar surface area (TPSA) is 64.7 Å². The van der Waals surface area contributed by atoms with Gasteiger partial charge >= 0.3 is 0 Å². The summed E-state index contributed by atoms with van der Waals surface area (Å²) < 4.78 is 18.3. The van der Waals surface area contributed by atoms with Gasteiger partial charge in [-0.1, -0.05) is 17.3 Å². The maximum absolute atomic E-state index is 12.9. The molecule has 5 nitrogen and oxygen atoms in total. The molecule has 3 heterocycles. The SMILES string of the molecule is Fc1ccc(Cc2noc(-c3ccc(-c4cccnc4)nc3)n2)cc1. The molecule has 0 aliphatic carbocycles. The molecule has 4 aromatic rings. The summed E-state index contributed by atoms with van der Waals surface area (Å²) in [5.41, 5.74) is 3.42. The van der Waals surface area contributed by atoms with Crippen molar-refractivity contribution in [1.82, 2.24) is 20.1 Å². The Kier molecular flexibility index (Phi) is 4.00. The van der Waals surface area contributed by atoms with Gasteiger partial charge in [-0.15, -0.1) is 0 Å². The first-order valence-electron chi connectivity index (χ1n) is 7.72. The van der Waals surface area contributed by atoms with Crippen molar-refractivity contribution in [3.8, 4) is 22.7 Å². The normalized spacial score (nSPS) is 10.8. The van der Waals surface area contributed by atoms with Crippen molar-refractivity contribution in [3.05, 3.63) is 84.3 Å². The van der Waals surface area contributed by atoms with E-state index in [2.05, 4.69) is 20.1 Å². The van der Waals surface area contributed by atoms with Crippen molar-refractivity contribution in [2.45, 2.75) is 6.42 Å². The second-order valence-corrected chi connectivity index (χ2v) is 5.49. The van der Waals surface area contributed by atoms with Crippen molar-refractivity contribution >= 4 is 0 Å². The van der Waals surface area contributed by atoms with Gasteiger partial charge in [0.15, 0.2) is 5.82 Å². The zero-order valence-corrected chi connectivity index (χ0v) is 13.1. The van der Waals surface area contributed by atoms with Crippen molar-refractivity contribution in [2.75, 3.05) is 0 Å². The summed E-state index contributed by atoms with van der Waals surface area (Å²) in [5.74, 6) is 0.678. The molecule has 1 aromatic carbocycles. The zero-order chi connectivity index (χ0) is 17.1. The second-order valence-electron chi connectivity index (χ2n) is 5.49. The van der Waals surface area contributed by atoms with E-state index in [1.807, 2.05) is 24.3 Å². The molecule has 0 saturated heterocycles. The Hall–Kier alpha value is -3.41. The summed E-state index contributed by atoms with van der Waals surface area (Å²) in [6.07, 6.45) is 5.65. The van der Waals surface area contributed by atoms with Gasteiger partial charge in [0, 0.05) is 30.6 Å². The fourth-order valence-corrected chi connectivity index (χ4v) is 2.43. The lowest BCUT2D eigenvalue weighted by atomic mass is 10.1. The van der Waals surface area contributed by atoms with Crippen LogP contribution >= 0.6 is 0 Å². The van der Waals surface area contributed by atoms with Crippen LogP contribution in [-0.4, -0.2) is 20.1 Å². The van der Waals surface area contributed by atoms with Crippen LogP contribution in [0.3, 0.4) is 0 Å². The van der Waals surface area contributed by atoms with E-state index in [0.29, 0.717) is 18.1 Å². The van der Waals surface area contributed by atoms with Crippen molar-refractivity contribution in [1.29, 1.82) is 0 Å². The van der Waals surface area contributed by atoms with Crippen LogP contribution in [0, 0.1) is 5.82 Å². The van der Waals surface area contributed by atoms with Gasteiger partial charge in [0.25, 0.3) is 5.89 Å². The molecule has 0 aliphatic heterocycles. The summed E-state index contributed by atoms with van der Waals surface area (Å²) in [7, 11) is 0. The molecular weight excluding hydrogens is 319 g/mol. The molecule has 0 aliphatic rings. The first-order chi connectivity index (χ1) is 12.3. The van der Waals surface area contributed by atoms with Crippen LogP contribution in [0.15, 0.2) is 71.6 Å². The van der Waals surface area contributed by atoms with E-state index in [1.165, 1.54) is 12.1 Å². The summed E-state index contributed by atoms with van der Waals surface area (Å²) in [6.45, 7) is 0. The smallest absolute Gasteiger partial charge is 0.259 e. The summed E-state index contributed by atoms with van der Waals surface area (Å²) in [4.78, 5) is 12.9. The molecule has 0 N–H and O–H groups in total. The van der Waals surface area contributed by atoms with E-state index in [1.54, 1.807) is 30.7 Å². The molecule has 0 saturated carbocycles. The Morgan fingerprint density at radius 1 is 0.920 bits per heavy atom. The van der Waals surface area contributed by atoms with Crippen LogP contribution in [0.25, 0.3) is 22.7 Å². The fraction of sp³-hybridized carbons (Fsp3) is 0.0526. The predicted octanol–water partition coefficient (Wildman–Crippen LogP) is 3.92. The Morgan fingerprint density at radius 3 is 2.52 bits per heavy atom. The van der Waals surface area contributed by atoms with E-state index < -0.39 is 0 Å². The summed E-state index contributed by atoms with van der Waals surface area (Å²) in [5, 5.41) is 3.97. The molecule has 0 spiro atoms. The lowest BCUT2D eigenvalue weighted by Gasteiger charge is -2.00. The predicted molar refractivity (Wildman–Crippen MR) is 90.0 cm³/mol. The van der Waals surface area contributed by atoms with Crippen LogP contribution in [0.5, 0.6) is 0 Å². The van der Waals surface area contributed by atoms with Gasteiger partial charge in [-0.2, -0.15) is 4.98 Å². The maximum atomic E-state index is 12.9. The number of rotatable bonds is 4. The molecule has 0 amide bonds. The van der Waals surface area contributed by atoms with E-state index in [4.69, 9.17) is 4.52 Å². The molecular formula is C19H13FN4O. The molecule has 0 fully saturated rings. The van der Waals surface area contributed by atoms with Gasteiger partial charge in [0.2, 0.25) is 0 Å². The third-order valence-electron chi connectivity index (χ3n) is 3.71. The Balaban J connectivity index is 1.52. The number of nitrogens with zero attached hydrogens (tertiary/aromatic N) is 4. The minimum atomic E-state index is -0.266. The van der Waals surface area contributed by atoms with E-state index in [0.717, 1.165) is 22.4 Å². The van der Waals surface area contributed by atoms with Gasteiger partial charge in [-0.05, 0) is 42.0 Å². The van der Waals surface area contributed by atoms with Gasteiger partial charge < -0.3 is 4.52 Å². The number of halogens is 1. The van der Waals surface area contributed by atoms with Crippen LogP contribution in [0.1, 0.15) is 11.4 Å².